The molecule has 5 nitrogen and oxygen atoms in total. The third-order valence-corrected chi connectivity index (χ3v) is 6.57. The minimum atomic E-state index is -0.516. The highest BCUT2D eigenvalue weighted by Crippen LogP contribution is 2.46. The van der Waals surface area contributed by atoms with Crippen molar-refractivity contribution in [3.8, 4) is 0 Å². The van der Waals surface area contributed by atoms with Gasteiger partial charge in [-0.05, 0) is 37.2 Å². The summed E-state index contributed by atoms with van der Waals surface area (Å²) in [6.45, 7) is 5.21. The second kappa shape index (κ2) is 9.86. The number of hydrogen-bond acceptors (Lipinski definition) is 4. The Balaban J connectivity index is 1.39. The molecule has 3 rings (SSSR count). The van der Waals surface area contributed by atoms with Gasteiger partial charge >= 0.3 is 0 Å². The van der Waals surface area contributed by atoms with E-state index >= 15 is 0 Å². The zero-order chi connectivity index (χ0) is 20.0. The van der Waals surface area contributed by atoms with Crippen molar-refractivity contribution < 1.29 is 19.5 Å². The number of carbonyl (C=O) groups excluding carboxylic acids is 1. The van der Waals surface area contributed by atoms with Crippen LogP contribution in [0.1, 0.15) is 64.4 Å². The minimum Gasteiger partial charge on any atom is -0.376 e. The van der Waals surface area contributed by atoms with E-state index in [-0.39, 0.29) is 5.91 Å². The van der Waals surface area contributed by atoms with Crippen molar-refractivity contribution in [2.24, 2.45) is 17.3 Å². The van der Waals surface area contributed by atoms with E-state index < -0.39 is 5.41 Å². The molecule has 5 heteroatoms. The van der Waals surface area contributed by atoms with Crippen molar-refractivity contribution in [1.82, 2.24) is 5.48 Å². The number of ether oxygens (including phenoxy) is 2. The molecule has 0 saturated carbocycles. The van der Waals surface area contributed by atoms with Gasteiger partial charge < -0.3 is 9.47 Å². The Bertz CT molecular complexity index is 618. The van der Waals surface area contributed by atoms with Crippen molar-refractivity contribution >= 4 is 5.91 Å². The summed E-state index contributed by atoms with van der Waals surface area (Å²) in [6.07, 6.45) is 8.36. The van der Waals surface area contributed by atoms with Gasteiger partial charge in [0.05, 0.1) is 25.4 Å². The molecule has 0 spiro atoms. The molecule has 1 amide bonds. The van der Waals surface area contributed by atoms with Gasteiger partial charge in [0.25, 0.3) is 0 Å². The van der Waals surface area contributed by atoms with E-state index in [1.807, 2.05) is 32.0 Å². The Morgan fingerprint density at radius 1 is 1.14 bits per heavy atom. The van der Waals surface area contributed by atoms with Gasteiger partial charge in [0.2, 0.25) is 5.91 Å². The van der Waals surface area contributed by atoms with E-state index in [9.17, 15) is 4.79 Å². The van der Waals surface area contributed by atoms with Gasteiger partial charge in [0.1, 0.15) is 0 Å². The van der Waals surface area contributed by atoms with Gasteiger partial charge in [-0.1, -0.05) is 63.4 Å². The molecule has 4 atom stereocenters. The normalized spacial score (nSPS) is 26.5. The van der Waals surface area contributed by atoms with Crippen LogP contribution >= 0.6 is 0 Å². The van der Waals surface area contributed by atoms with Crippen LogP contribution in [0.25, 0.3) is 0 Å². The number of unbranched alkanes of at least 4 members (excludes halogenated alkanes) is 2. The van der Waals surface area contributed by atoms with Gasteiger partial charge in [-0.2, -0.15) is 0 Å². The first-order valence-electron chi connectivity index (χ1n) is 10.7. The molecule has 2 fully saturated rings. The molecule has 2 bridgehead atoms. The molecule has 0 radical (unpaired) electrons. The van der Waals surface area contributed by atoms with Crippen molar-refractivity contribution in [2.45, 2.75) is 77.6 Å². The molecular weight excluding hydrogens is 354 g/mol. The number of benzene rings is 1. The quantitative estimate of drug-likeness (QED) is 0.333. The van der Waals surface area contributed by atoms with Crippen LogP contribution in [-0.2, 0) is 20.9 Å². The highest BCUT2D eigenvalue weighted by molar-refractivity contribution is 5.80. The number of rotatable bonds is 11. The molecule has 2 aliphatic heterocycles. The summed E-state index contributed by atoms with van der Waals surface area (Å²) < 4.78 is 12.2. The Morgan fingerprint density at radius 2 is 1.86 bits per heavy atom. The van der Waals surface area contributed by atoms with Crippen molar-refractivity contribution in [3.05, 3.63) is 35.9 Å². The zero-order valence-electron chi connectivity index (χ0n) is 17.2. The smallest absolute Gasteiger partial charge is 0.248 e. The Labute approximate surface area is 168 Å². The van der Waals surface area contributed by atoms with Crippen molar-refractivity contribution in [3.63, 3.8) is 0 Å². The van der Waals surface area contributed by atoms with E-state index in [4.69, 9.17) is 14.7 Å². The number of hydrogen-bond donors (Lipinski definition) is 2. The van der Waals surface area contributed by atoms with Crippen LogP contribution in [0.5, 0.6) is 0 Å². The first-order valence-corrected chi connectivity index (χ1v) is 10.7. The number of fused-ring (bicyclic) bond motifs is 2. The van der Waals surface area contributed by atoms with Crippen molar-refractivity contribution in [1.29, 1.82) is 0 Å². The molecule has 0 aliphatic carbocycles. The molecule has 1 aromatic carbocycles. The number of hydroxylamine groups is 1. The molecule has 1 aromatic rings. The lowest BCUT2D eigenvalue weighted by atomic mass is 9.77. The number of carbonyl (C=O) groups is 1. The van der Waals surface area contributed by atoms with Crippen LogP contribution in [0.2, 0.25) is 0 Å². The standard InChI is InChI=1S/C23H35NO4/c1-23(2,22(25)24-26)14-8-4-7-11-18-19(21-13-12-20(18)28-21)16-27-15-17-9-5-3-6-10-17/h3,5-6,9-10,18-21,26H,4,7-8,11-16H2,1-2H3,(H,24,25)/t18-,19+,20-,21+/m1/s1. The molecule has 156 valence electrons. The van der Waals surface area contributed by atoms with Crippen LogP contribution in [0, 0.1) is 17.3 Å². The van der Waals surface area contributed by atoms with Crippen LogP contribution in [-0.4, -0.2) is 29.9 Å². The summed E-state index contributed by atoms with van der Waals surface area (Å²) in [6, 6.07) is 10.3. The summed E-state index contributed by atoms with van der Waals surface area (Å²) in [5, 5.41) is 8.82. The van der Waals surface area contributed by atoms with E-state index in [0.717, 1.165) is 32.3 Å². The number of nitrogens with one attached hydrogen (secondary N) is 1. The van der Waals surface area contributed by atoms with E-state index in [0.29, 0.717) is 30.7 Å². The highest BCUT2D eigenvalue weighted by atomic mass is 16.5. The van der Waals surface area contributed by atoms with E-state index in [2.05, 4.69) is 12.1 Å². The van der Waals surface area contributed by atoms with Gasteiger partial charge in [-0.3, -0.25) is 10.0 Å². The largest absolute Gasteiger partial charge is 0.376 e. The summed E-state index contributed by atoms with van der Waals surface area (Å²) in [4.78, 5) is 11.6. The molecule has 2 aliphatic rings. The second-order valence-electron chi connectivity index (χ2n) is 9.04. The molecule has 0 aromatic heterocycles. The third kappa shape index (κ3) is 5.34. The minimum absolute atomic E-state index is 0.301. The fourth-order valence-corrected chi connectivity index (χ4v) is 4.78. The maximum atomic E-state index is 11.6. The first kappa shape index (κ1) is 21.3. The van der Waals surface area contributed by atoms with Gasteiger partial charge in [0, 0.05) is 11.3 Å². The van der Waals surface area contributed by atoms with Gasteiger partial charge in [-0.25, -0.2) is 5.48 Å². The lowest BCUT2D eigenvalue weighted by molar-refractivity contribution is -0.138. The highest BCUT2D eigenvalue weighted by Gasteiger charge is 2.48. The third-order valence-electron chi connectivity index (χ3n) is 6.57. The van der Waals surface area contributed by atoms with Crippen LogP contribution < -0.4 is 5.48 Å². The number of amides is 1. The molecular formula is C23H35NO4. The summed E-state index contributed by atoms with van der Waals surface area (Å²) >= 11 is 0. The molecule has 2 heterocycles. The average Bonchev–Trinajstić information content (AvgIpc) is 3.30. The lowest BCUT2D eigenvalue weighted by Crippen LogP contribution is -2.34. The molecule has 0 unspecified atom stereocenters. The second-order valence-corrected chi connectivity index (χ2v) is 9.04. The predicted octanol–water partition coefficient (Wildman–Crippen LogP) is 4.48. The Kier molecular flexibility index (Phi) is 7.49. The van der Waals surface area contributed by atoms with Crippen LogP contribution in [0.4, 0.5) is 0 Å². The van der Waals surface area contributed by atoms with E-state index in [1.54, 1.807) is 5.48 Å². The van der Waals surface area contributed by atoms with Crippen molar-refractivity contribution in [2.75, 3.05) is 6.61 Å². The van der Waals surface area contributed by atoms with E-state index in [1.165, 1.54) is 24.8 Å². The topological polar surface area (TPSA) is 67.8 Å². The van der Waals surface area contributed by atoms with Gasteiger partial charge in [-0.15, -0.1) is 0 Å². The maximum Gasteiger partial charge on any atom is 0.248 e. The summed E-state index contributed by atoms with van der Waals surface area (Å²) in [5.74, 6) is 0.812. The van der Waals surface area contributed by atoms with Crippen LogP contribution in [0.15, 0.2) is 30.3 Å². The molecule has 2 N–H and O–H groups in total. The first-order chi connectivity index (χ1) is 13.5. The Hall–Kier alpha value is -1.43. The fourth-order valence-electron chi connectivity index (χ4n) is 4.78. The Morgan fingerprint density at radius 3 is 2.57 bits per heavy atom. The lowest BCUT2D eigenvalue weighted by Gasteiger charge is -2.28. The summed E-state index contributed by atoms with van der Waals surface area (Å²) in [5.41, 5.74) is 2.48. The zero-order valence-corrected chi connectivity index (χ0v) is 17.2. The molecule has 28 heavy (non-hydrogen) atoms. The van der Waals surface area contributed by atoms with Crippen LogP contribution in [0.3, 0.4) is 0 Å². The molecule has 2 saturated heterocycles. The SMILES string of the molecule is CC(C)(CCCCC[C@@H]1[C@H](COCc2ccccc2)[C@@H]2CC[C@H]1O2)C(=O)NO. The predicted molar refractivity (Wildman–Crippen MR) is 108 cm³/mol. The van der Waals surface area contributed by atoms with Gasteiger partial charge in [0.15, 0.2) is 0 Å². The monoisotopic (exact) mass is 389 g/mol. The average molecular weight is 390 g/mol. The summed E-state index contributed by atoms with van der Waals surface area (Å²) in [7, 11) is 0. The maximum absolute atomic E-state index is 11.6. The fraction of sp³-hybridized carbons (Fsp3) is 0.696.